The number of carbonyl (C=O) groups is 3. The Balaban J connectivity index is 0.000000587. The van der Waals surface area contributed by atoms with Gasteiger partial charge < -0.3 is 24.8 Å². The van der Waals surface area contributed by atoms with Crippen LogP contribution in [-0.4, -0.2) is 69.5 Å². The molecule has 3 N–H and O–H groups in total. The number of rotatable bonds is 10. The number of nitrogens with one attached hydrogen (secondary N) is 1. The molecule has 3 aromatic rings. The second-order valence-electron chi connectivity index (χ2n) is 9.94. The normalized spacial score (nSPS) is 15.1. The monoisotopic (exact) mass is 578 g/mol. The van der Waals surface area contributed by atoms with Gasteiger partial charge in [0.2, 0.25) is 17.7 Å². The van der Waals surface area contributed by atoms with E-state index in [-0.39, 0.29) is 18.2 Å². The van der Waals surface area contributed by atoms with Gasteiger partial charge in [-0.2, -0.15) is 13.2 Å². The highest BCUT2D eigenvalue weighted by Crippen LogP contribution is 2.27. The van der Waals surface area contributed by atoms with Gasteiger partial charge in [-0.1, -0.05) is 43.2 Å². The number of aliphatic carboxylic acids is 2. The van der Waals surface area contributed by atoms with Crippen LogP contribution in [0.1, 0.15) is 56.9 Å². The average molecular weight is 579 g/mol. The topological polar surface area (TPSA) is 146 Å². The molecule has 0 radical (unpaired) electrons. The number of nitrogens with zero attached hydrogens (tertiary/aromatic N) is 3. The lowest BCUT2D eigenvalue weighted by atomic mass is 9.95. The van der Waals surface area contributed by atoms with Crippen LogP contribution in [0.5, 0.6) is 0 Å². The predicted molar refractivity (Wildman–Crippen MR) is 143 cm³/mol. The minimum atomic E-state index is -5.08. The number of aromatic nitrogens is 2. The summed E-state index contributed by atoms with van der Waals surface area (Å²) in [6.07, 6.45) is -0.509. The van der Waals surface area contributed by atoms with Gasteiger partial charge in [0, 0.05) is 17.9 Å². The van der Waals surface area contributed by atoms with Gasteiger partial charge in [0.15, 0.2) is 0 Å². The Morgan fingerprint density at radius 2 is 1.68 bits per heavy atom. The van der Waals surface area contributed by atoms with Gasteiger partial charge >= 0.3 is 18.1 Å². The zero-order valence-corrected chi connectivity index (χ0v) is 22.6. The summed E-state index contributed by atoms with van der Waals surface area (Å²) in [5.74, 6) is -2.73. The number of hydrogen-bond acceptors (Lipinski definition) is 7. The van der Waals surface area contributed by atoms with E-state index in [0.717, 1.165) is 55.1 Å². The third-order valence-electron chi connectivity index (χ3n) is 6.77. The molecular weight excluding hydrogens is 545 g/mol. The number of carboxylic acid groups (broad SMARTS) is 2. The van der Waals surface area contributed by atoms with Crippen molar-refractivity contribution < 1.29 is 42.2 Å². The second-order valence-corrected chi connectivity index (χ2v) is 9.94. The Morgan fingerprint density at radius 1 is 1.02 bits per heavy atom. The number of carbonyl (C=O) groups excluding carboxylic acids is 1. The number of piperidine rings is 1. The van der Waals surface area contributed by atoms with Crippen molar-refractivity contribution in [2.75, 3.05) is 20.1 Å². The Bertz CT molecular complexity index is 1320. The van der Waals surface area contributed by atoms with Crippen molar-refractivity contribution in [1.29, 1.82) is 0 Å². The van der Waals surface area contributed by atoms with Crippen molar-refractivity contribution in [3.05, 3.63) is 48.4 Å². The van der Waals surface area contributed by atoms with E-state index in [4.69, 9.17) is 19.4 Å². The number of unbranched alkanes of at least 4 members (excludes halogenated alkanes) is 2. The van der Waals surface area contributed by atoms with E-state index in [9.17, 15) is 22.8 Å². The lowest BCUT2D eigenvalue weighted by Crippen LogP contribution is -2.40. The predicted octanol–water partition coefficient (Wildman–Crippen LogP) is 5.06. The van der Waals surface area contributed by atoms with Crippen molar-refractivity contribution >= 4 is 28.6 Å². The Hall–Kier alpha value is -4.00. The van der Waals surface area contributed by atoms with Crippen molar-refractivity contribution in [3.8, 4) is 11.5 Å². The number of amides is 1. The molecule has 4 rings (SSSR count). The largest absolute Gasteiger partial charge is 0.490 e. The third-order valence-corrected chi connectivity index (χ3v) is 6.77. The van der Waals surface area contributed by atoms with Crippen LogP contribution in [0.25, 0.3) is 22.2 Å². The summed E-state index contributed by atoms with van der Waals surface area (Å²) >= 11 is 0. The zero-order valence-electron chi connectivity index (χ0n) is 22.6. The molecule has 1 aliphatic rings. The van der Waals surface area contributed by atoms with Crippen LogP contribution in [0.2, 0.25) is 0 Å². The average Bonchev–Trinajstić information content (AvgIpc) is 3.42. The van der Waals surface area contributed by atoms with Crippen LogP contribution in [0.15, 0.2) is 46.9 Å². The molecule has 0 saturated carbocycles. The molecule has 0 aliphatic carbocycles. The fourth-order valence-corrected chi connectivity index (χ4v) is 4.43. The van der Waals surface area contributed by atoms with E-state index in [1.165, 1.54) is 0 Å². The smallest absolute Gasteiger partial charge is 0.481 e. The van der Waals surface area contributed by atoms with Gasteiger partial charge in [-0.05, 0) is 68.7 Å². The van der Waals surface area contributed by atoms with Gasteiger partial charge in [-0.3, -0.25) is 9.59 Å². The first-order chi connectivity index (χ1) is 19.4. The Labute approximate surface area is 234 Å². The first kappa shape index (κ1) is 31.5. The molecule has 1 atom stereocenters. The van der Waals surface area contributed by atoms with E-state index in [0.29, 0.717) is 24.6 Å². The highest BCUT2D eigenvalue weighted by atomic mass is 19.4. The van der Waals surface area contributed by atoms with Gasteiger partial charge in [0.1, 0.15) is 6.04 Å². The van der Waals surface area contributed by atoms with E-state index in [2.05, 4.69) is 33.5 Å². The van der Waals surface area contributed by atoms with Crippen LogP contribution in [0, 0.1) is 5.92 Å². The highest BCUT2D eigenvalue weighted by molar-refractivity contribution is 5.86. The quantitative estimate of drug-likeness (QED) is 0.281. The summed E-state index contributed by atoms with van der Waals surface area (Å²) in [4.78, 5) is 34.9. The first-order valence-corrected chi connectivity index (χ1v) is 13.3. The van der Waals surface area contributed by atoms with Crippen molar-refractivity contribution in [3.63, 3.8) is 0 Å². The molecule has 1 aliphatic heterocycles. The number of benzene rings is 2. The van der Waals surface area contributed by atoms with Crippen LogP contribution in [0.4, 0.5) is 13.2 Å². The molecule has 2 heterocycles. The molecule has 13 heteroatoms. The molecule has 10 nitrogen and oxygen atoms in total. The lowest BCUT2D eigenvalue weighted by molar-refractivity contribution is -0.192. The summed E-state index contributed by atoms with van der Waals surface area (Å²) in [6, 6.07) is 13.7. The fourth-order valence-electron chi connectivity index (χ4n) is 4.43. The Kier molecular flexibility index (Phi) is 11.2. The van der Waals surface area contributed by atoms with Crippen LogP contribution in [0.3, 0.4) is 0 Å². The second kappa shape index (κ2) is 14.6. The maximum absolute atomic E-state index is 13.0. The maximum Gasteiger partial charge on any atom is 0.490 e. The Morgan fingerprint density at radius 3 is 2.32 bits per heavy atom. The first-order valence-electron chi connectivity index (χ1n) is 13.3. The number of hydrogen-bond donors (Lipinski definition) is 3. The van der Waals surface area contributed by atoms with E-state index in [1.807, 2.05) is 36.4 Å². The molecular formula is C28H33F3N4O6. The van der Waals surface area contributed by atoms with Crippen LogP contribution in [-0.2, 0) is 14.4 Å². The summed E-state index contributed by atoms with van der Waals surface area (Å²) < 4.78 is 37.8. The van der Waals surface area contributed by atoms with Gasteiger partial charge in [-0.15, -0.1) is 10.2 Å². The van der Waals surface area contributed by atoms with Gasteiger partial charge in [0.25, 0.3) is 0 Å². The minimum Gasteiger partial charge on any atom is -0.481 e. The summed E-state index contributed by atoms with van der Waals surface area (Å²) in [7, 11) is 2.07. The highest BCUT2D eigenvalue weighted by Gasteiger charge is 2.38. The van der Waals surface area contributed by atoms with Crippen LogP contribution >= 0.6 is 0 Å². The third kappa shape index (κ3) is 9.85. The standard InChI is InChI=1S/C26H32N4O4.C2HF3O2/c1-30-15-13-19(14-16-30)24(33)27-22(9-3-2-4-10-23(31)32)26-29-28-25(34-26)21-12-11-18-7-5-6-8-20(18)17-21;3-2(4,5)1(6)7/h5-8,11-12,17,19,22H,2-4,9-10,13-16H2,1H3,(H,27,33)(H,31,32);(H,6,7)/t22-;/m0./s1. The molecule has 0 bridgehead atoms. The van der Waals surface area contributed by atoms with Crippen molar-refractivity contribution in [2.24, 2.45) is 5.92 Å². The minimum absolute atomic E-state index is 0.0198. The molecule has 1 saturated heterocycles. The fraction of sp³-hybridized carbons (Fsp3) is 0.464. The molecule has 1 aromatic heterocycles. The summed E-state index contributed by atoms with van der Waals surface area (Å²) in [6.45, 7) is 1.81. The number of alkyl halides is 3. The van der Waals surface area contributed by atoms with Crippen molar-refractivity contribution in [2.45, 2.75) is 57.2 Å². The number of likely N-dealkylation sites (tertiary alicyclic amines) is 1. The number of halogens is 3. The van der Waals surface area contributed by atoms with Gasteiger partial charge in [-0.25, -0.2) is 4.79 Å². The zero-order chi connectivity index (χ0) is 30.0. The molecule has 2 aromatic carbocycles. The molecule has 0 spiro atoms. The van der Waals surface area contributed by atoms with Crippen molar-refractivity contribution in [1.82, 2.24) is 20.4 Å². The van der Waals surface area contributed by atoms with Crippen LogP contribution < -0.4 is 5.32 Å². The summed E-state index contributed by atoms with van der Waals surface area (Å²) in [5, 5.41) is 29.9. The summed E-state index contributed by atoms with van der Waals surface area (Å²) in [5.41, 5.74) is 0.833. The molecule has 0 unspecified atom stereocenters. The molecule has 1 amide bonds. The maximum atomic E-state index is 13.0. The number of fused-ring (bicyclic) bond motifs is 1. The van der Waals surface area contributed by atoms with E-state index >= 15 is 0 Å². The molecule has 41 heavy (non-hydrogen) atoms. The number of carboxylic acids is 2. The van der Waals surface area contributed by atoms with E-state index in [1.54, 1.807) is 0 Å². The van der Waals surface area contributed by atoms with Gasteiger partial charge in [0.05, 0.1) is 0 Å². The molecule has 222 valence electrons. The molecule has 1 fully saturated rings. The SMILES string of the molecule is CN1CCC(C(=O)N[C@@H](CCCCCC(=O)O)c2nnc(-c3ccc4ccccc4c3)o2)CC1.O=C(O)C(F)(F)F. The van der Waals surface area contributed by atoms with E-state index < -0.39 is 24.2 Å². The lowest BCUT2D eigenvalue weighted by Gasteiger charge is -2.29.